The van der Waals surface area contributed by atoms with E-state index >= 15 is 0 Å². The minimum absolute atomic E-state index is 0.0615. The number of benzene rings is 1. The maximum Gasteiger partial charge on any atom is 0.272 e. The summed E-state index contributed by atoms with van der Waals surface area (Å²) in [4.78, 5) is 14.8. The summed E-state index contributed by atoms with van der Waals surface area (Å²) in [7, 11) is 1.86. The van der Waals surface area contributed by atoms with Gasteiger partial charge in [-0.1, -0.05) is 30.3 Å². The molecule has 5 heteroatoms. The van der Waals surface area contributed by atoms with Gasteiger partial charge in [0.2, 0.25) is 0 Å². The highest BCUT2D eigenvalue weighted by Gasteiger charge is 2.22. The highest BCUT2D eigenvalue weighted by molar-refractivity contribution is 5.92. The predicted molar refractivity (Wildman–Crippen MR) is 95.0 cm³/mol. The SMILES string of the molecule is Cc1cc(C(=O)N[C@@H]2CCCN(CCc3ccccc3)C2)nn1C. The summed E-state index contributed by atoms with van der Waals surface area (Å²) >= 11 is 0. The standard InChI is InChI=1S/C19H26N4O/c1-15-13-18(21-22(15)2)19(24)20-17-9-6-11-23(14-17)12-10-16-7-4-3-5-8-16/h3-5,7-8,13,17H,6,9-12,14H2,1-2H3,(H,20,24)/t17-/m1/s1. The molecule has 1 atom stereocenters. The van der Waals surface area contributed by atoms with Crippen molar-refractivity contribution in [3.05, 3.63) is 53.3 Å². The zero-order chi connectivity index (χ0) is 16.9. The van der Waals surface area contributed by atoms with Crippen LogP contribution in [0.25, 0.3) is 0 Å². The van der Waals surface area contributed by atoms with Crippen LogP contribution in [0.4, 0.5) is 0 Å². The first-order chi connectivity index (χ1) is 11.6. The zero-order valence-corrected chi connectivity index (χ0v) is 14.5. The largest absolute Gasteiger partial charge is 0.347 e. The molecule has 0 spiro atoms. The normalized spacial score (nSPS) is 18.5. The summed E-state index contributed by atoms with van der Waals surface area (Å²) in [5.74, 6) is -0.0615. The van der Waals surface area contributed by atoms with Gasteiger partial charge in [0, 0.05) is 31.9 Å². The van der Waals surface area contributed by atoms with E-state index in [1.54, 1.807) is 4.68 Å². The smallest absolute Gasteiger partial charge is 0.272 e. The Morgan fingerprint density at radius 2 is 2.12 bits per heavy atom. The van der Waals surface area contributed by atoms with E-state index in [4.69, 9.17) is 0 Å². The molecule has 1 aliphatic heterocycles. The first-order valence-corrected chi connectivity index (χ1v) is 8.69. The van der Waals surface area contributed by atoms with E-state index in [0.29, 0.717) is 5.69 Å². The number of rotatable bonds is 5. The number of carbonyl (C=O) groups excluding carboxylic acids is 1. The average molecular weight is 326 g/mol. The first-order valence-electron chi connectivity index (χ1n) is 8.69. The number of carbonyl (C=O) groups is 1. The van der Waals surface area contributed by atoms with Crippen molar-refractivity contribution in [1.29, 1.82) is 0 Å². The van der Waals surface area contributed by atoms with Crippen LogP contribution in [0.2, 0.25) is 0 Å². The van der Waals surface area contributed by atoms with Gasteiger partial charge in [0.1, 0.15) is 5.69 Å². The summed E-state index contributed by atoms with van der Waals surface area (Å²) in [5.41, 5.74) is 2.87. The third-order valence-corrected chi connectivity index (χ3v) is 4.75. The van der Waals surface area contributed by atoms with E-state index in [2.05, 4.69) is 45.6 Å². The number of aryl methyl sites for hydroxylation is 2. The van der Waals surface area contributed by atoms with Gasteiger partial charge in [-0.05, 0) is 44.4 Å². The van der Waals surface area contributed by atoms with Gasteiger partial charge < -0.3 is 10.2 Å². The molecule has 0 radical (unpaired) electrons. The third kappa shape index (κ3) is 4.23. The summed E-state index contributed by atoms with van der Waals surface area (Å²) in [6.07, 6.45) is 3.22. The van der Waals surface area contributed by atoms with Crippen LogP contribution < -0.4 is 5.32 Å². The van der Waals surface area contributed by atoms with Gasteiger partial charge >= 0.3 is 0 Å². The molecule has 2 heterocycles. The number of amides is 1. The fraction of sp³-hybridized carbons (Fsp3) is 0.474. The van der Waals surface area contributed by atoms with Gasteiger partial charge in [-0.3, -0.25) is 9.48 Å². The number of nitrogens with zero attached hydrogens (tertiary/aromatic N) is 3. The molecule has 1 aromatic heterocycles. The monoisotopic (exact) mass is 326 g/mol. The fourth-order valence-corrected chi connectivity index (χ4v) is 3.24. The Hall–Kier alpha value is -2.14. The van der Waals surface area contributed by atoms with Gasteiger partial charge in [-0.25, -0.2) is 0 Å². The van der Waals surface area contributed by atoms with Crippen molar-refractivity contribution >= 4 is 5.91 Å². The second-order valence-electron chi connectivity index (χ2n) is 6.64. The summed E-state index contributed by atoms with van der Waals surface area (Å²) in [6.45, 7) is 5.03. The van der Waals surface area contributed by atoms with Crippen LogP contribution in [0.3, 0.4) is 0 Å². The lowest BCUT2D eigenvalue weighted by atomic mass is 10.0. The van der Waals surface area contributed by atoms with Crippen molar-refractivity contribution in [2.24, 2.45) is 7.05 Å². The average Bonchev–Trinajstić information content (AvgIpc) is 2.94. The molecule has 1 amide bonds. The molecule has 1 aliphatic rings. The van der Waals surface area contributed by atoms with Gasteiger partial charge in [-0.2, -0.15) is 5.10 Å². The Morgan fingerprint density at radius 3 is 2.83 bits per heavy atom. The van der Waals surface area contributed by atoms with E-state index in [9.17, 15) is 4.79 Å². The number of piperidine rings is 1. The molecule has 5 nitrogen and oxygen atoms in total. The number of hydrogen-bond donors (Lipinski definition) is 1. The molecule has 1 saturated heterocycles. The Labute approximate surface area is 143 Å². The quantitative estimate of drug-likeness (QED) is 0.916. The van der Waals surface area contributed by atoms with Gasteiger partial charge in [0.05, 0.1) is 0 Å². The summed E-state index contributed by atoms with van der Waals surface area (Å²) in [6, 6.07) is 12.6. The molecule has 0 aliphatic carbocycles. The Bertz CT molecular complexity index is 660. The minimum Gasteiger partial charge on any atom is -0.347 e. The molecule has 24 heavy (non-hydrogen) atoms. The molecule has 0 saturated carbocycles. The second kappa shape index (κ2) is 7.62. The van der Waals surface area contributed by atoms with E-state index < -0.39 is 0 Å². The van der Waals surface area contributed by atoms with E-state index in [-0.39, 0.29) is 11.9 Å². The van der Waals surface area contributed by atoms with Crippen LogP contribution in [0.5, 0.6) is 0 Å². The van der Waals surface area contributed by atoms with Crippen molar-refractivity contribution in [3.63, 3.8) is 0 Å². The van der Waals surface area contributed by atoms with E-state index in [1.807, 2.05) is 20.0 Å². The third-order valence-electron chi connectivity index (χ3n) is 4.75. The lowest BCUT2D eigenvalue weighted by molar-refractivity contribution is 0.0898. The second-order valence-corrected chi connectivity index (χ2v) is 6.64. The Balaban J connectivity index is 1.50. The highest BCUT2D eigenvalue weighted by atomic mass is 16.2. The predicted octanol–water partition coefficient (Wildman–Crippen LogP) is 2.17. The van der Waals surface area contributed by atoms with Crippen molar-refractivity contribution < 1.29 is 4.79 Å². The van der Waals surface area contributed by atoms with Crippen molar-refractivity contribution in [1.82, 2.24) is 20.0 Å². The Morgan fingerprint density at radius 1 is 1.33 bits per heavy atom. The summed E-state index contributed by atoms with van der Waals surface area (Å²) in [5, 5.41) is 7.41. The Kier molecular flexibility index (Phi) is 5.30. The van der Waals surface area contributed by atoms with Crippen molar-refractivity contribution in [3.8, 4) is 0 Å². The molecule has 2 aromatic rings. The first kappa shape index (κ1) is 16.7. The lowest BCUT2D eigenvalue weighted by Gasteiger charge is -2.33. The maximum atomic E-state index is 12.4. The number of aromatic nitrogens is 2. The molecule has 128 valence electrons. The van der Waals surface area contributed by atoms with E-state index in [1.165, 1.54) is 5.56 Å². The van der Waals surface area contributed by atoms with Gasteiger partial charge in [-0.15, -0.1) is 0 Å². The van der Waals surface area contributed by atoms with Crippen LogP contribution in [0.1, 0.15) is 34.6 Å². The summed E-state index contributed by atoms with van der Waals surface area (Å²) < 4.78 is 1.74. The van der Waals surface area contributed by atoms with Gasteiger partial charge in [0.15, 0.2) is 0 Å². The molecule has 0 unspecified atom stereocenters. The fourth-order valence-electron chi connectivity index (χ4n) is 3.24. The lowest BCUT2D eigenvalue weighted by Crippen LogP contribution is -2.48. The maximum absolute atomic E-state index is 12.4. The molecule has 0 bridgehead atoms. The molecule has 1 N–H and O–H groups in total. The molecule has 1 fully saturated rings. The van der Waals surface area contributed by atoms with Crippen LogP contribution in [0, 0.1) is 6.92 Å². The topological polar surface area (TPSA) is 50.2 Å². The number of hydrogen-bond acceptors (Lipinski definition) is 3. The van der Waals surface area contributed by atoms with Crippen LogP contribution in [-0.4, -0.2) is 46.3 Å². The van der Waals surface area contributed by atoms with Crippen molar-refractivity contribution in [2.75, 3.05) is 19.6 Å². The van der Waals surface area contributed by atoms with Crippen LogP contribution in [-0.2, 0) is 13.5 Å². The van der Waals surface area contributed by atoms with Crippen LogP contribution >= 0.6 is 0 Å². The molecule has 1 aromatic carbocycles. The molecule has 3 rings (SSSR count). The van der Waals surface area contributed by atoms with Crippen LogP contribution in [0.15, 0.2) is 36.4 Å². The highest BCUT2D eigenvalue weighted by Crippen LogP contribution is 2.12. The zero-order valence-electron chi connectivity index (χ0n) is 14.5. The minimum atomic E-state index is -0.0615. The van der Waals surface area contributed by atoms with Crippen molar-refractivity contribution in [2.45, 2.75) is 32.2 Å². The van der Waals surface area contributed by atoms with E-state index in [0.717, 1.165) is 44.6 Å². The number of nitrogens with one attached hydrogen (secondary N) is 1. The number of likely N-dealkylation sites (tertiary alicyclic amines) is 1. The van der Waals surface area contributed by atoms with Gasteiger partial charge in [0.25, 0.3) is 5.91 Å². The molecular formula is C19H26N4O. The molecular weight excluding hydrogens is 300 g/mol.